The Morgan fingerprint density at radius 3 is 2.11 bits per heavy atom. The van der Waals surface area contributed by atoms with Gasteiger partial charge in [0.15, 0.2) is 5.76 Å². The van der Waals surface area contributed by atoms with Gasteiger partial charge in [-0.2, -0.15) is 0 Å². The fourth-order valence-electron chi connectivity index (χ4n) is 1.82. The van der Waals surface area contributed by atoms with Crippen LogP contribution in [0, 0.1) is 0 Å². The molecule has 3 rings (SSSR count). The van der Waals surface area contributed by atoms with E-state index in [1.807, 2.05) is 60.7 Å². The molecule has 0 radical (unpaired) electrons. The third-order valence-corrected chi connectivity index (χ3v) is 2.69. The summed E-state index contributed by atoms with van der Waals surface area (Å²) < 4.78 is 6.88. The molecule has 0 fully saturated rings. The molecular weight excluding hydrogens is 226 g/mol. The monoisotopic (exact) mass is 237 g/mol. The van der Waals surface area contributed by atoms with E-state index in [1.54, 1.807) is 0 Å². The molecule has 3 aromatic rings. The maximum atomic E-state index is 11.9. The van der Waals surface area contributed by atoms with Gasteiger partial charge in [0.05, 0.1) is 11.8 Å². The van der Waals surface area contributed by atoms with Crippen LogP contribution in [0.4, 0.5) is 0 Å². The Morgan fingerprint density at radius 1 is 0.833 bits per heavy atom. The number of hydrogen-bond acceptors (Lipinski definition) is 2. The Balaban J connectivity index is 2.10. The lowest BCUT2D eigenvalue weighted by molar-refractivity contribution is 0.349. The molecule has 0 saturated heterocycles. The molecule has 0 aliphatic rings. The van der Waals surface area contributed by atoms with E-state index in [0.29, 0.717) is 5.76 Å². The van der Waals surface area contributed by atoms with Gasteiger partial charge in [-0.3, -0.25) is 4.79 Å². The van der Waals surface area contributed by atoms with Crippen molar-refractivity contribution in [1.29, 1.82) is 0 Å². The predicted octanol–water partition coefficient (Wildman–Crippen LogP) is 3.10. The van der Waals surface area contributed by atoms with Crippen LogP contribution in [0.2, 0.25) is 0 Å². The van der Waals surface area contributed by atoms with Crippen molar-refractivity contribution in [3.8, 4) is 17.0 Å². The quantitative estimate of drug-likeness (QED) is 0.686. The van der Waals surface area contributed by atoms with E-state index < -0.39 is 0 Å². The van der Waals surface area contributed by atoms with Crippen molar-refractivity contribution < 1.29 is 4.52 Å². The molecule has 0 saturated carbocycles. The minimum Gasteiger partial charge on any atom is -0.371 e. The van der Waals surface area contributed by atoms with E-state index in [2.05, 4.69) is 0 Å². The molecule has 88 valence electrons. The average Bonchev–Trinajstić information content (AvgIpc) is 2.83. The van der Waals surface area contributed by atoms with E-state index in [0.717, 1.165) is 11.3 Å². The van der Waals surface area contributed by atoms with Gasteiger partial charge in [-0.1, -0.05) is 48.5 Å². The Hall–Kier alpha value is -2.55. The molecule has 0 amide bonds. The summed E-state index contributed by atoms with van der Waals surface area (Å²) in [5, 5.41) is 0. The number of rotatable bonds is 2. The minimum absolute atomic E-state index is 0.167. The van der Waals surface area contributed by atoms with Crippen LogP contribution in [-0.4, -0.2) is 4.74 Å². The van der Waals surface area contributed by atoms with Crippen LogP contribution in [0.5, 0.6) is 0 Å². The number of para-hydroxylation sites is 1. The fraction of sp³-hybridized carbons (Fsp3) is 0. The molecule has 0 aliphatic carbocycles. The second-order valence-electron chi connectivity index (χ2n) is 3.93. The second-order valence-corrected chi connectivity index (χ2v) is 3.93. The Morgan fingerprint density at radius 2 is 1.44 bits per heavy atom. The van der Waals surface area contributed by atoms with Gasteiger partial charge in [-0.05, 0) is 12.1 Å². The molecule has 0 aliphatic heterocycles. The average molecular weight is 237 g/mol. The highest BCUT2D eigenvalue weighted by molar-refractivity contribution is 5.56. The van der Waals surface area contributed by atoms with Crippen molar-refractivity contribution in [3.63, 3.8) is 0 Å². The summed E-state index contributed by atoms with van der Waals surface area (Å²) in [4.78, 5) is 11.9. The molecule has 0 atom stereocenters. The Labute approximate surface area is 104 Å². The van der Waals surface area contributed by atoms with Crippen molar-refractivity contribution in [3.05, 3.63) is 77.1 Å². The number of aromatic nitrogens is 1. The summed E-state index contributed by atoms with van der Waals surface area (Å²) in [7, 11) is 0. The molecule has 1 heterocycles. The van der Waals surface area contributed by atoms with E-state index >= 15 is 0 Å². The van der Waals surface area contributed by atoms with Crippen molar-refractivity contribution in [2.45, 2.75) is 0 Å². The molecular formula is C15H11NO2. The number of benzene rings is 2. The molecule has 1 aromatic heterocycles. The number of hydrogen-bond donors (Lipinski definition) is 0. The van der Waals surface area contributed by atoms with Gasteiger partial charge in [0, 0.05) is 5.56 Å². The standard InChI is InChI=1S/C15H11NO2/c17-15-11-14(12-7-3-1-4-8-12)18-16(15)13-9-5-2-6-10-13/h1-11H. The van der Waals surface area contributed by atoms with Crippen LogP contribution in [0.25, 0.3) is 17.0 Å². The van der Waals surface area contributed by atoms with Gasteiger partial charge >= 0.3 is 0 Å². The van der Waals surface area contributed by atoms with E-state index in [9.17, 15) is 4.79 Å². The lowest BCUT2D eigenvalue weighted by atomic mass is 10.2. The molecule has 0 bridgehead atoms. The molecule has 3 heteroatoms. The van der Waals surface area contributed by atoms with E-state index in [1.165, 1.54) is 10.8 Å². The molecule has 2 aromatic carbocycles. The summed E-state index contributed by atoms with van der Waals surface area (Å²) in [6, 6.07) is 20.4. The number of nitrogens with zero attached hydrogens (tertiary/aromatic N) is 1. The fourth-order valence-corrected chi connectivity index (χ4v) is 1.82. The summed E-state index contributed by atoms with van der Waals surface area (Å²) in [5.74, 6) is 0.574. The first-order chi connectivity index (χ1) is 8.84. The van der Waals surface area contributed by atoms with Crippen LogP contribution in [-0.2, 0) is 0 Å². The topological polar surface area (TPSA) is 35.1 Å². The Kier molecular flexibility index (Phi) is 2.57. The summed E-state index contributed by atoms with van der Waals surface area (Å²) in [6.45, 7) is 0. The van der Waals surface area contributed by atoms with Crippen LogP contribution in [0.1, 0.15) is 0 Å². The second kappa shape index (κ2) is 4.37. The first-order valence-electron chi connectivity index (χ1n) is 5.69. The van der Waals surface area contributed by atoms with Gasteiger partial charge in [0.25, 0.3) is 5.56 Å². The third kappa shape index (κ3) is 1.86. The summed E-state index contributed by atoms with van der Waals surface area (Å²) in [5.41, 5.74) is 1.45. The summed E-state index contributed by atoms with van der Waals surface area (Å²) >= 11 is 0. The first kappa shape index (κ1) is 10.6. The highest BCUT2D eigenvalue weighted by atomic mass is 16.5. The molecule has 0 N–H and O–H groups in total. The van der Waals surface area contributed by atoms with Crippen LogP contribution >= 0.6 is 0 Å². The lowest BCUT2D eigenvalue weighted by Crippen LogP contribution is -2.10. The van der Waals surface area contributed by atoms with Crippen molar-refractivity contribution in [2.75, 3.05) is 0 Å². The molecule has 3 nitrogen and oxygen atoms in total. The van der Waals surface area contributed by atoms with Gasteiger partial charge in [-0.15, -0.1) is 4.74 Å². The molecule has 0 unspecified atom stereocenters. The highest BCUT2D eigenvalue weighted by Crippen LogP contribution is 2.18. The summed E-state index contributed by atoms with van der Waals surface area (Å²) in [6.07, 6.45) is 0. The van der Waals surface area contributed by atoms with E-state index in [-0.39, 0.29) is 5.56 Å². The SMILES string of the molecule is O=c1cc(-c2ccccc2)on1-c1ccccc1. The van der Waals surface area contributed by atoms with Crippen LogP contribution < -0.4 is 5.56 Å². The zero-order chi connectivity index (χ0) is 12.4. The maximum Gasteiger partial charge on any atom is 0.287 e. The molecule has 0 spiro atoms. The normalized spacial score (nSPS) is 10.4. The first-order valence-corrected chi connectivity index (χ1v) is 5.69. The van der Waals surface area contributed by atoms with Gasteiger partial charge in [-0.25, -0.2) is 0 Å². The smallest absolute Gasteiger partial charge is 0.287 e. The maximum absolute atomic E-state index is 11.9. The van der Waals surface area contributed by atoms with Gasteiger partial charge in [0.2, 0.25) is 0 Å². The molecule has 18 heavy (non-hydrogen) atoms. The zero-order valence-electron chi connectivity index (χ0n) is 9.61. The van der Waals surface area contributed by atoms with Crippen LogP contribution in [0.3, 0.4) is 0 Å². The van der Waals surface area contributed by atoms with Gasteiger partial charge in [0.1, 0.15) is 0 Å². The predicted molar refractivity (Wildman–Crippen MR) is 69.7 cm³/mol. The zero-order valence-corrected chi connectivity index (χ0v) is 9.61. The van der Waals surface area contributed by atoms with Crippen molar-refractivity contribution in [2.24, 2.45) is 0 Å². The lowest BCUT2D eigenvalue weighted by Gasteiger charge is -1.99. The van der Waals surface area contributed by atoms with E-state index in [4.69, 9.17) is 4.52 Å². The Bertz CT molecular complexity index is 696. The highest BCUT2D eigenvalue weighted by Gasteiger charge is 2.08. The minimum atomic E-state index is -0.167. The van der Waals surface area contributed by atoms with Crippen molar-refractivity contribution in [1.82, 2.24) is 4.74 Å². The van der Waals surface area contributed by atoms with Gasteiger partial charge < -0.3 is 4.52 Å². The van der Waals surface area contributed by atoms with Crippen LogP contribution in [0.15, 0.2) is 76.0 Å². The third-order valence-electron chi connectivity index (χ3n) is 2.69. The van der Waals surface area contributed by atoms with Crippen molar-refractivity contribution >= 4 is 0 Å². The largest absolute Gasteiger partial charge is 0.371 e.